The lowest BCUT2D eigenvalue weighted by molar-refractivity contribution is -0.140. The van der Waals surface area contributed by atoms with E-state index >= 15 is 0 Å². The van der Waals surface area contributed by atoms with E-state index in [-0.39, 0.29) is 24.0 Å². The Morgan fingerprint density at radius 2 is 1.65 bits per heavy atom. The summed E-state index contributed by atoms with van der Waals surface area (Å²) in [6.45, 7) is 4.03. The molecule has 1 N–H and O–H groups in total. The average molecular weight is 458 g/mol. The largest absolute Gasteiger partial charge is 0.507 e. The van der Waals surface area contributed by atoms with E-state index in [1.807, 2.05) is 68.4 Å². The zero-order valence-corrected chi connectivity index (χ0v) is 19.4. The minimum atomic E-state index is -0.724. The number of hydrogen-bond acceptors (Lipinski definition) is 5. The molecule has 0 saturated carbocycles. The molecule has 1 fully saturated rings. The monoisotopic (exact) mass is 457 g/mol. The summed E-state index contributed by atoms with van der Waals surface area (Å²) in [6.07, 6.45) is -0.0446. The SMILES string of the molecule is COc1ccc(CN2C(=O)C(=O)/C(=C(\O)c3cccc(OC(C)C)c3)C2c2ccccc2)cc1. The number of ketones is 1. The summed E-state index contributed by atoms with van der Waals surface area (Å²) in [6, 6.07) is 22.8. The summed E-state index contributed by atoms with van der Waals surface area (Å²) in [7, 11) is 1.59. The van der Waals surface area contributed by atoms with Gasteiger partial charge in [-0.25, -0.2) is 0 Å². The van der Waals surface area contributed by atoms with E-state index in [1.165, 1.54) is 4.90 Å². The zero-order chi connectivity index (χ0) is 24.2. The van der Waals surface area contributed by atoms with E-state index in [2.05, 4.69) is 0 Å². The second-order valence-corrected chi connectivity index (χ2v) is 8.38. The highest BCUT2D eigenvalue weighted by Gasteiger charge is 2.46. The number of benzene rings is 3. The first-order valence-corrected chi connectivity index (χ1v) is 11.1. The van der Waals surface area contributed by atoms with Crippen LogP contribution in [0.1, 0.15) is 36.6 Å². The second kappa shape index (κ2) is 9.83. The number of aliphatic hydroxyl groups is 1. The number of rotatable bonds is 7. The molecule has 0 aromatic heterocycles. The first-order valence-electron chi connectivity index (χ1n) is 11.1. The first-order chi connectivity index (χ1) is 16.4. The molecule has 3 aromatic rings. The molecule has 6 heteroatoms. The van der Waals surface area contributed by atoms with Gasteiger partial charge in [0, 0.05) is 12.1 Å². The Balaban J connectivity index is 1.79. The number of Topliss-reactive ketones (excluding diaryl/α,β-unsaturated/α-hetero) is 1. The van der Waals surface area contributed by atoms with Gasteiger partial charge in [0.2, 0.25) is 0 Å². The number of amides is 1. The highest BCUT2D eigenvalue weighted by atomic mass is 16.5. The number of aliphatic hydroxyl groups excluding tert-OH is 1. The van der Waals surface area contributed by atoms with Crippen molar-refractivity contribution >= 4 is 17.4 Å². The van der Waals surface area contributed by atoms with Crippen molar-refractivity contribution in [3.05, 3.63) is 101 Å². The summed E-state index contributed by atoms with van der Waals surface area (Å²) >= 11 is 0. The smallest absolute Gasteiger partial charge is 0.295 e. The van der Waals surface area contributed by atoms with Crippen LogP contribution in [0.25, 0.3) is 5.76 Å². The zero-order valence-electron chi connectivity index (χ0n) is 19.4. The molecule has 0 aliphatic carbocycles. The molecule has 0 radical (unpaired) electrons. The maximum absolute atomic E-state index is 13.2. The lowest BCUT2D eigenvalue weighted by Crippen LogP contribution is -2.29. The van der Waals surface area contributed by atoms with Crippen LogP contribution in [0.15, 0.2) is 84.4 Å². The van der Waals surface area contributed by atoms with Crippen LogP contribution in [0.3, 0.4) is 0 Å². The van der Waals surface area contributed by atoms with E-state index in [9.17, 15) is 14.7 Å². The molecule has 34 heavy (non-hydrogen) atoms. The molecule has 1 atom stereocenters. The van der Waals surface area contributed by atoms with Crippen molar-refractivity contribution in [2.24, 2.45) is 0 Å². The van der Waals surface area contributed by atoms with Crippen LogP contribution in [-0.2, 0) is 16.1 Å². The van der Waals surface area contributed by atoms with E-state index in [4.69, 9.17) is 9.47 Å². The van der Waals surface area contributed by atoms with Gasteiger partial charge in [0.1, 0.15) is 17.3 Å². The lowest BCUT2D eigenvalue weighted by atomic mass is 9.95. The van der Waals surface area contributed by atoms with Crippen molar-refractivity contribution in [1.82, 2.24) is 4.90 Å². The van der Waals surface area contributed by atoms with Crippen LogP contribution in [0, 0.1) is 0 Å². The normalized spacial score (nSPS) is 17.3. The molecule has 1 unspecified atom stereocenters. The molecule has 1 aliphatic heterocycles. The van der Waals surface area contributed by atoms with Crippen LogP contribution in [0.5, 0.6) is 11.5 Å². The van der Waals surface area contributed by atoms with Gasteiger partial charge in [0.25, 0.3) is 11.7 Å². The summed E-state index contributed by atoms with van der Waals surface area (Å²) in [5, 5.41) is 11.3. The van der Waals surface area contributed by atoms with Gasteiger partial charge < -0.3 is 19.5 Å². The van der Waals surface area contributed by atoms with Crippen LogP contribution >= 0.6 is 0 Å². The van der Waals surface area contributed by atoms with Gasteiger partial charge in [-0.2, -0.15) is 0 Å². The van der Waals surface area contributed by atoms with Gasteiger partial charge in [-0.05, 0) is 49.2 Å². The highest BCUT2D eigenvalue weighted by Crippen LogP contribution is 2.40. The predicted molar refractivity (Wildman–Crippen MR) is 129 cm³/mol. The van der Waals surface area contributed by atoms with Crippen LogP contribution in [-0.4, -0.2) is 34.9 Å². The second-order valence-electron chi connectivity index (χ2n) is 8.38. The van der Waals surface area contributed by atoms with E-state index in [0.29, 0.717) is 17.1 Å². The molecule has 174 valence electrons. The summed E-state index contributed by atoms with van der Waals surface area (Å²) in [5.41, 5.74) is 2.07. The fourth-order valence-corrected chi connectivity index (χ4v) is 4.10. The highest BCUT2D eigenvalue weighted by molar-refractivity contribution is 6.46. The van der Waals surface area contributed by atoms with Crippen molar-refractivity contribution in [3.63, 3.8) is 0 Å². The maximum Gasteiger partial charge on any atom is 0.295 e. The van der Waals surface area contributed by atoms with Crippen molar-refractivity contribution in [1.29, 1.82) is 0 Å². The number of likely N-dealkylation sites (tertiary alicyclic amines) is 1. The average Bonchev–Trinajstić information content (AvgIpc) is 3.09. The Hall–Kier alpha value is -4.06. The Bertz CT molecular complexity index is 1220. The Morgan fingerprint density at radius 1 is 0.941 bits per heavy atom. The minimum absolute atomic E-state index is 0.0446. The van der Waals surface area contributed by atoms with E-state index in [1.54, 1.807) is 31.4 Å². The molecular weight excluding hydrogens is 430 g/mol. The van der Waals surface area contributed by atoms with Gasteiger partial charge in [-0.15, -0.1) is 0 Å². The Labute approximate surface area is 199 Å². The fourth-order valence-electron chi connectivity index (χ4n) is 4.10. The number of hydrogen-bond donors (Lipinski definition) is 1. The topological polar surface area (TPSA) is 76.1 Å². The molecule has 4 rings (SSSR count). The first kappa shape index (κ1) is 23.1. The standard InChI is InChI=1S/C28H27NO5/c1-18(2)34-23-11-7-10-21(16-23)26(30)24-25(20-8-5-4-6-9-20)29(28(32)27(24)31)17-19-12-14-22(33-3)15-13-19/h4-16,18,25,30H,17H2,1-3H3/b26-24-. The molecular formula is C28H27NO5. The number of ether oxygens (including phenoxy) is 2. The van der Waals surface area contributed by atoms with E-state index in [0.717, 1.165) is 11.1 Å². The maximum atomic E-state index is 13.2. The van der Waals surface area contributed by atoms with Crippen LogP contribution in [0.4, 0.5) is 0 Å². The predicted octanol–water partition coefficient (Wildman–Crippen LogP) is 5.10. The van der Waals surface area contributed by atoms with Gasteiger partial charge in [-0.3, -0.25) is 9.59 Å². The van der Waals surface area contributed by atoms with Gasteiger partial charge >= 0.3 is 0 Å². The number of carbonyl (C=O) groups excluding carboxylic acids is 2. The van der Waals surface area contributed by atoms with Gasteiger partial charge in [-0.1, -0.05) is 54.6 Å². The molecule has 1 aliphatic rings. The Morgan fingerprint density at radius 3 is 2.29 bits per heavy atom. The van der Waals surface area contributed by atoms with Gasteiger partial charge in [0.15, 0.2) is 0 Å². The molecule has 3 aromatic carbocycles. The minimum Gasteiger partial charge on any atom is -0.507 e. The van der Waals surface area contributed by atoms with Crippen LogP contribution < -0.4 is 9.47 Å². The van der Waals surface area contributed by atoms with Crippen molar-refractivity contribution in [2.45, 2.75) is 32.5 Å². The number of methoxy groups -OCH3 is 1. The van der Waals surface area contributed by atoms with Crippen LogP contribution in [0.2, 0.25) is 0 Å². The molecule has 1 saturated heterocycles. The number of carbonyl (C=O) groups is 2. The molecule has 1 heterocycles. The fraction of sp³-hybridized carbons (Fsp3) is 0.214. The molecule has 1 amide bonds. The summed E-state index contributed by atoms with van der Waals surface area (Å²) in [4.78, 5) is 27.9. The molecule has 0 spiro atoms. The van der Waals surface area contributed by atoms with Crippen molar-refractivity contribution < 1.29 is 24.2 Å². The number of nitrogens with zero attached hydrogens (tertiary/aromatic N) is 1. The third-order valence-electron chi connectivity index (χ3n) is 5.65. The summed E-state index contributed by atoms with van der Waals surface area (Å²) < 4.78 is 11.0. The molecule has 6 nitrogen and oxygen atoms in total. The Kier molecular flexibility index (Phi) is 6.68. The molecule has 0 bridgehead atoms. The third kappa shape index (κ3) is 4.66. The third-order valence-corrected chi connectivity index (χ3v) is 5.65. The quantitative estimate of drug-likeness (QED) is 0.303. The van der Waals surface area contributed by atoms with E-state index < -0.39 is 17.7 Å². The van der Waals surface area contributed by atoms with Gasteiger partial charge in [0.05, 0.1) is 24.8 Å². The summed E-state index contributed by atoms with van der Waals surface area (Å²) in [5.74, 6) is -0.314. The lowest BCUT2D eigenvalue weighted by Gasteiger charge is -2.25. The van der Waals surface area contributed by atoms with Crippen molar-refractivity contribution in [2.75, 3.05) is 7.11 Å². The van der Waals surface area contributed by atoms with Crippen molar-refractivity contribution in [3.8, 4) is 11.5 Å².